The van der Waals surface area contributed by atoms with Gasteiger partial charge in [-0.3, -0.25) is 0 Å². The van der Waals surface area contributed by atoms with Gasteiger partial charge in [-0.15, -0.1) is 0 Å². The minimum Gasteiger partial charge on any atom is -0.850 e. The minimum atomic E-state index is -3.72. The summed E-state index contributed by atoms with van der Waals surface area (Å²) in [5.74, 6) is 0.690. The molecule has 7 heteroatoms. The Morgan fingerprint density at radius 1 is 1.55 bits per heavy atom. The quantitative estimate of drug-likeness (QED) is 0.391. The molecule has 0 aliphatic rings. The van der Waals surface area contributed by atoms with Crippen molar-refractivity contribution >= 4 is 29.7 Å². The topological polar surface area (TPSA) is 46.1 Å². The summed E-state index contributed by atoms with van der Waals surface area (Å²) in [5.41, 5.74) is -3.72. The maximum Gasteiger partial charge on any atom is 2.00 e. The SMILES string of the molecule is CC(C)[CH2][Cu+].[Cu+2].[O-]P([O-])(=S)[S-]. The fourth-order valence-corrected chi connectivity index (χ4v) is 0. The first-order valence-electron chi connectivity index (χ1n) is 2.51. The van der Waals surface area contributed by atoms with E-state index in [2.05, 4.69) is 37.9 Å². The molecule has 0 rings (SSSR count). The van der Waals surface area contributed by atoms with Gasteiger partial charge in [-0.05, 0) is 0 Å². The van der Waals surface area contributed by atoms with E-state index in [9.17, 15) is 9.79 Å². The van der Waals surface area contributed by atoms with E-state index in [0.717, 1.165) is 5.32 Å². The van der Waals surface area contributed by atoms with E-state index in [1.165, 1.54) is 0 Å². The van der Waals surface area contributed by atoms with Gasteiger partial charge in [0.15, 0.2) is 0 Å². The zero-order valence-corrected chi connectivity index (χ0v) is 10.4. The van der Waals surface area contributed by atoms with Crippen LogP contribution in [0.25, 0.3) is 0 Å². The van der Waals surface area contributed by atoms with Gasteiger partial charge in [-0.25, -0.2) is 0 Å². The van der Waals surface area contributed by atoms with Gasteiger partial charge in [0, 0.05) is 0 Å². The summed E-state index contributed by atoms with van der Waals surface area (Å²) in [5, 5.41) is 0.868. The van der Waals surface area contributed by atoms with Crippen molar-refractivity contribution in [2.75, 3.05) is 0 Å². The Bertz CT molecular complexity index is 108. The molecule has 0 amide bonds. The Hall–Kier alpha value is 1.96. The maximum absolute atomic E-state index is 9.29. The first-order valence-corrected chi connectivity index (χ1v) is 6.82. The van der Waals surface area contributed by atoms with Gasteiger partial charge in [-0.1, -0.05) is 0 Å². The molecule has 0 atom stereocenters. The molecule has 0 N–H and O–H groups in total. The Kier molecular flexibility index (Phi) is 17.1. The van der Waals surface area contributed by atoms with Crippen LogP contribution >= 0.6 is 5.69 Å². The van der Waals surface area contributed by atoms with Crippen LogP contribution in [0.4, 0.5) is 0 Å². The van der Waals surface area contributed by atoms with Gasteiger partial charge in [0.25, 0.3) is 0 Å². The average molecular weight is 311 g/mol. The van der Waals surface area contributed by atoms with Crippen molar-refractivity contribution in [2.45, 2.75) is 19.2 Å². The molecular formula is C4H9Cu2O2PS2. The molecule has 11 heavy (non-hydrogen) atoms. The Morgan fingerprint density at radius 3 is 1.64 bits per heavy atom. The zero-order chi connectivity index (χ0) is 8.78. The van der Waals surface area contributed by atoms with Gasteiger partial charge in [0.1, 0.15) is 0 Å². The second-order valence-corrected chi connectivity index (χ2v) is 6.82. The molecule has 0 aromatic rings. The summed E-state index contributed by atoms with van der Waals surface area (Å²) in [7, 11) is 0. The van der Waals surface area contributed by atoms with E-state index in [1.54, 1.807) is 0 Å². The predicted octanol–water partition coefficient (Wildman–Crippen LogP) is 0.0834. The fraction of sp³-hybridized carbons (Fsp3) is 1.00. The third-order valence-electron chi connectivity index (χ3n) is 0.246. The number of rotatable bonds is 1. The molecule has 0 aromatic carbocycles. The van der Waals surface area contributed by atoms with Crippen molar-refractivity contribution in [1.29, 1.82) is 0 Å². The second kappa shape index (κ2) is 10.0. The van der Waals surface area contributed by atoms with Gasteiger partial charge in [0.05, 0.1) is 0 Å². The van der Waals surface area contributed by atoms with E-state index in [4.69, 9.17) is 16.0 Å². The standard InChI is InChI=1S/C4H9.2Cu.H3O2PS2/c1-4(2)3;;;1-3(2,4)5/h4H,1H2,2-3H3;;;(H3,1,2,4,5)/q;+1;+2;/p-3. The summed E-state index contributed by atoms with van der Waals surface area (Å²) in [6.07, 6.45) is 0. The Balaban J connectivity index is -0.000000107. The first kappa shape index (κ1) is 18.7. The number of hydrogen-bond donors (Lipinski definition) is 0. The summed E-state index contributed by atoms with van der Waals surface area (Å²) in [6, 6.07) is 0. The van der Waals surface area contributed by atoms with Crippen molar-refractivity contribution in [3.8, 4) is 0 Å². The molecule has 0 spiro atoms. The molecule has 0 aliphatic carbocycles. The van der Waals surface area contributed by atoms with Crippen LogP contribution in [0.1, 0.15) is 13.8 Å². The molecule has 0 aliphatic heterocycles. The van der Waals surface area contributed by atoms with Crippen LogP contribution in [0.5, 0.6) is 0 Å². The Morgan fingerprint density at radius 2 is 1.64 bits per heavy atom. The molecule has 76 valence electrons. The van der Waals surface area contributed by atoms with Crippen molar-refractivity contribution in [3.05, 3.63) is 0 Å². The molecule has 0 heterocycles. The van der Waals surface area contributed by atoms with Crippen LogP contribution in [0, 0.1) is 5.92 Å². The molecule has 0 fully saturated rings. The molecule has 0 unspecified atom stereocenters. The molecular weight excluding hydrogens is 302 g/mol. The van der Waals surface area contributed by atoms with Crippen molar-refractivity contribution in [3.63, 3.8) is 0 Å². The van der Waals surface area contributed by atoms with Crippen molar-refractivity contribution in [2.24, 2.45) is 5.92 Å². The molecule has 0 bridgehead atoms. The van der Waals surface area contributed by atoms with E-state index < -0.39 is 5.69 Å². The average Bonchev–Trinajstić information content (AvgIpc) is 1.61. The van der Waals surface area contributed by atoms with Crippen molar-refractivity contribution < 1.29 is 42.9 Å². The smallest absolute Gasteiger partial charge is 0.850 e. The third kappa shape index (κ3) is 75.7. The zero-order valence-electron chi connectivity index (χ0n) is 5.97. The van der Waals surface area contributed by atoms with Gasteiger partial charge in [0.2, 0.25) is 0 Å². The molecule has 0 saturated carbocycles. The van der Waals surface area contributed by atoms with Crippen LogP contribution in [0.15, 0.2) is 0 Å². The van der Waals surface area contributed by atoms with Crippen LogP contribution in [0.2, 0.25) is 5.32 Å². The first-order chi connectivity index (χ1) is 4.27. The summed E-state index contributed by atoms with van der Waals surface area (Å²) < 4.78 is 0. The normalized spacial score (nSPS) is 9.82. The maximum atomic E-state index is 9.29. The Labute approximate surface area is 97.2 Å². The van der Waals surface area contributed by atoms with Gasteiger partial charge < -0.3 is 27.7 Å². The van der Waals surface area contributed by atoms with Crippen molar-refractivity contribution in [1.82, 2.24) is 0 Å². The summed E-state index contributed by atoms with van der Waals surface area (Å²) >= 11 is 12.1. The minimum absolute atomic E-state index is 0. The van der Waals surface area contributed by atoms with Gasteiger partial charge in [-0.2, -0.15) is 11.8 Å². The summed E-state index contributed by atoms with van der Waals surface area (Å²) in [4.78, 5) is 18.6. The van der Waals surface area contributed by atoms with Crippen LogP contribution < -0.4 is 9.79 Å². The third-order valence-corrected chi connectivity index (χ3v) is 1.02. The largest absolute Gasteiger partial charge is 2.00 e. The van der Waals surface area contributed by atoms with E-state index >= 15 is 0 Å². The van der Waals surface area contributed by atoms with Gasteiger partial charge >= 0.3 is 58.2 Å². The monoisotopic (exact) mass is 310 g/mol. The van der Waals surface area contributed by atoms with E-state index in [0.29, 0.717) is 5.92 Å². The summed E-state index contributed by atoms with van der Waals surface area (Å²) in [6.45, 7) is 4.23. The molecule has 1 radical (unpaired) electrons. The molecule has 2 nitrogen and oxygen atoms in total. The van der Waals surface area contributed by atoms with Crippen LogP contribution in [0.3, 0.4) is 0 Å². The number of hydrogen-bond acceptors (Lipinski definition) is 4. The predicted molar refractivity (Wildman–Crippen MR) is 41.3 cm³/mol. The molecule has 0 aromatic heterocycles. The second-order valence-electron chi connectivity index (χ2n) is 1.96. The van der Waals surface area contributed by atoms with Crippen LogP contribution in [-0.4, -0.2) is 0 Å². The molecule has 0 saturated heterocycles. The van der Waals surface area contributed by atoms with Crippen LogP contribution in [-0.2, 0) is 57.1 Å². The van der Waals surface area contributed by atoms with E-state index in [1.807, 2.05) is 0 Å². The fourth-order valence-electron chi connectivity index (χ4n) is 0. The van der Waals surface area contributed by atoms with E-state index in [-0.39, 0.29) is 17.1 Å².